The van der Waals surface area contributed by atoms with E-state index in [1.165, 1.54) is 42.9 Å². The molecule has 0 saturated heterocycles. The summed E-state index contributed by atoms with van der Waals surface area (Å²) >= 11 is 0. The summed E-state index contributed by atoms with van der Waals surface area (Å²) in [5.74, 6) is 0.305. The Morgan fingerprint density at radius 1 is 1.12 bits per heavy atom. The van der Waals surface area contributed by atoms with Gasteiger partial charge in [0.1, 0.15) is 5.82 Å². The van der Waals surface area contributed by atoms with Crippen molar-refractivity contribution in [3.63, 3.8) is 0 Å². The summed E-state index contributed by atoms with van der Waals surface area (Å²) in [5, 5.41) is 13.5. The van der Waals surface area contributed by atoms with Gasteiger partial charge < -0.3 is 5.32 Å². The van der Waals surface area contributed by atoms with E-state index in [0.29, 0.717) is 22.9 Å². The van der Waals surface area contributed by atoms with Crippen LogP contribution in [0.25, 0.3) is 10.9 Å². The highest BCUT2D eigenvalue weighted by Gasteiger charge is 2.46. The lowest BCUT2D eigenvalue weighted by Gasteiger charge is -2.52. The summed E-state index contributed by atoms with van der Waals surface area (Å²) in [7, 11) is 0. The molecular weight excluding hydrogens is 397 g/mol. The molecule has 0 aliphatic heterocycles. The van der Waals surface area contributed by atoms with Crippen molar-refractivity contribution in [3.05, 3.63) is 89.5 Å². The van der Waals surface area contributed by atoms with Gasteiger partial charge in [-0.1, -0.05) is 18.7 Å². The van der Waals surface area contributed by atoms with Crippen LogP contribution in [0.5, 0.6) is 0 Å². The lowest BCUT2D eigenvalue weighted by Crippen LogP contribution is -2.50. The normalized spacial score (nSPS) is 24.6. The fraction of sp³-hybridized carbons (Fsp3) is 0.357. The lowest BCUT2D eigenvalue weighted by atomic mass is 9.56. The number of aromatic nitrogens is 1. The molecule has 2 aliphatic carbocycles. The largest absolute Gasteiger partial charge is 0.386 e. The van der Waals surface area contributed by atoms with Gasteiger partial charge in [-0.2, -0.15) is 5.26 Å². The number of nitriles is 1. The van der Waals surface area contributed by atoms with E-state index < -0.39 is 0 Å². The van der Waals surface area contributed by atoms with Gasteiger partial charge in [-0.15, -0.1) is 0 Å². The van der Waals surface area contributed by atoms with Crippen molar-refractivity contribution in [1.29, 1.82) is 5.26 Å². The minimum atomic E-state index is -0.187. The molecule has 0 amide bonds. The monoisotopic (exact) mass is 425 g/mol. The van der Waals surface area contributed by atoms with Gasteiger partial charge in [0.05, 0.1) is 17.1 Å². The summed E-state index contributed by atoms with van der Waals surface area (Å²) in [5.41, 5.74) is 5.52. The maximum Gasteiger partial charge on any atom is 0.123 e. The third kappa shape index (κ3) is 4.12. The number of allylic oxidation sites excluding steroid dienone is 1. The van der Waals surface area contributed by atoms with E-state index in [1.54, 1.807) is 12.1 Å². The number of nitrogens with zero attached hydrogens (tertiary/aromatic N) is 2. The number of fused-ring (bicyclic) bond motifs is 1. The molecule has 3 aromatic rings. The summed E-state index contributed by atoms with van der Waals surface area (Å²) in [6, 6.07) is 17.4. The highest BCUT2D eigenvalue weighted by molar-refractivity contribution is 5.82. The second kappa shape index (κ2) is 8.39. The van der Waals surface area contributed by atoms with Gasteiger partial charge in [-0.3, -0.25) is 4.98 Å². The maximum atomic E-state index is 13.8. The van der Waals surface area contributed by atoms with E-state index in [-0.39, 0.29) is 5.82 Å². The van der Waals surface area contributed by atoms with Gasteiger partial charge in [0.15, 0.2) is 0 Å². The van der Waals surface area contributed by atoms with Gasteiger partial charge in [-0.05, 0) is 97.4 Å². The summed E-state index contributed by atoms with van der Waals surface area (Å²) in [6.07, 6.45) is 9.86. The average Bonchev–Trinajstić information content (AvgIpc) is 2.78. The Morgan fingerprint density at radius 2 is 1.88 bits per heavy atom. The molecule has 0 radical (unpaired) electrons. The topological polar surface area (TPSA) is 48.7 Å². The number of hydrogen-bond donors (Lipinski definition) is 1. The molecule has 5 rings (SSSR count). The fourth-order valence-corrected chi connectivity index (χ4v) is 5.82. The fourth-order valence-electron chi connectivity index (χ4n) is 5.82. The van der Waals surface area contributed by atoms with E-state index in [0.717, 1.165) is 35.9 Å². The predicted molar refractivity (Wildman–Crippen MR) is 126 cm³/mol. The minimum Gasteiger partial charge on any atom is -0.386 e. The number of benzene rings is 2. The summed E-state index contributed by atoms with van der Waals surface area (Å²) < 4.78 is 13.8. The Balaban J connectivity index is 1.15. The molecule has 0 bridgehead atoms. The van der Waals surface area contributed by atoms with Crippen molar-refractivity contribution in [3.8, 4) is 6.07 Å². The van der Waals surface area contributed by atoms with Crippen LogP contribution in [0.3, 0.4) is 0 Å². The molecule has 0 unspecified atom stereocenters. The molecule has 162 valence electrons. The van der Waals surface area contributed by atoms with Crippen molar-refractivity contribution < 1.29 is 4.39 Å². The third-order valence-electron chi connectivity index (χ3n) is 7.49. The van der Waals surface area contributed by atoms with Gasteiger partial charge in [-0.25, -0.2) is 4.39 Å². The van der Waals surface area contributed by atoms with Crippen LogP contribution < -0.4 is 5.32 Å². The summed E-state index contributed by atoms with van der Waals surface area (Å²) in [6.45, 7) is 4.22. The smallest absolute Gasteiger partial charge is 0.123 e. The molecule has 3 nitrogen and oxygen atoms in total. The Kier molecular flexibility index (Phi) is 5.43. The Morgan fingerprint density at radius 3 is 2.59 bits per heavy atom. The van der Waals surface area contributed by atoms with Crippen LogP contribution >= 0.6 is 0 Å². The maximum absolute atomic E-state index is 13.8. The Hall–Kier alpha value is -3.19. The van der Waals surface area contributed by atoms with E-state index in [2.05, 4.69) is 29.0 Å². The van der Waals surface area contributed by atoms with E-state index in [9.17, 15) is 4.39 Å². The lowest BCUT2D eigenvalue weighted by molar-refractivity contribution is 0.0366. The number of hydrogen-bond acceptors (Lipinski definition) is 3. The van der Waals surface area contributed by atoms with E-state index in [4.69, 9.17) is 5.26 Å². The first kappa shape index (κ1) is 20.7. The average molecular weight is 426 g/mol. The zero-order chi connectivity index (χ0) is 22.1. The SMILES string of the molecule is C=C(Cc1ccc(C#N)cc1)NC1CC2(CCC(c3ccnc4ccc(F)cc34)CC2)C1. The standard InChI is InChI=1S/C28H28FN3/c1-19(14-20-2-4-21(18-30)5-3-20)32-24-16-28(17-24)11-8-22(9-12-28)25-10-13-31-27-7-6-23(29)15-26(25)27/h2-7,10,13,15,22,24,32H,1,8-9,11-12,14,16-17H2. The van der Waals surface area contributed by atoms with Crippen LogP contribution in [-0.2, 0) is 6.42 Å². The zero-order valence-electron chi connectivity index (χ0n) is 18.3. The number of nitrogens with one attached hydrogen (secondary N) is 1. The molecule has 2 aliphatic rings. The number of halogens is 1. The van der Waals surface area contributed by atoms with E-state index in [1.807, 2.05) is 30.5 Å². The molecule has 2 aromatic carbocycles. The van der Waals surface area contributed by atoms with Crippen LogP contribution in [0.4, 0.5) is 4.39 Å². The van der Waals surface area contributed by atoms with Crippen LogP contribution in [0, 0.1) is 22.6 Å². The second-order valence-electron chi connectivity index (χ2n) is 9.67. The molecule has 1 heterocycles. The molecule has 2 saturated carbocycles. The zero-order valence-corrected chi connectivity index (χ0v) is 18.3. The quantitative estimate of drug-likeness (QED) is 0.515. The minimum absolute atomic E-state index is 0.187. The van der Waals surface area contributed by atoms with Crippen LogP contribution in [0.2, 0.25) is 0 Å². The van der Waals surface area contributed by atoms with Crippen molar-refractivity contribution in [2.24, 2.45) is 5.41 Å². The third-order valence-corrected chi connectivity index (χ3v) is 7.49. The van der Waals surface area contributed by atoms with Crippen molar-refractivity contribution >= 4 is 10.9 Å². The predicted octanol–water partition coefficient (Wildman–Crippen LogP) is 6.40. The van der Waals surface area contributed by atoms with Crippen LogP contribution in [-0.4, -0.2) is 11.0 Å². The van der Waals surface area contributed by atoms with Gasteiger partial charge >= 0.3 is 0 Å². The van der Waals surface area contributed by atoms with Gasteiger partial charge in [0.25, 0.3) is 0 Å². The molecule has 4 heteroatoms. The van der Waals surface area contributed by atoms with Crippen LogP contribution in [0.15, 0.2) is 67.0 Å². The van der Waals surface area contributed by atoms with Crippen molar-refractivity contribution in [2.45, 2.75) is 56.9 Å². The first-order chi connectivity index (χ1) is 15.5. The first-order valence-corrected chi connectivity index (χ1v) is 11.5. The highest BCUT2D eigenvalue weighted by Crippen LogP contribution is 2.55. The van der Waals surface area contributed by atoms with Gasteiger partial charge in [0.2, 0.25) is 0 Å². The van der Waals surface area contributed by atoms with Crippen molar-refractivity contribution in [1.82, 2.24) is 10.3 Å². The van der Waals surface area contributed by atoms with Crippen molar-refractivity contribution in [2.75, 3.05) is 0 Å². The molecule has 0 atom stereocenters. The second-order valence-corrected chi connectivity index (χ2v) is 9.67. The van der Waals surface area contributed by atoms with E-state index >= 15 is 0 Å². The molecule has 2 fully saturated rings. The molecule has 32 heavy (non-hydrogen) atoms. The number of pyridine rings is 1. The highest BCUT2D eigenvalue weighted by atomic mass is 19.1. The van der Waals surface area contributed by atoms with Crippen LogP contribution in [0.1, 0.15) is 61.1 Å². The molecular formula is C28H28FN3. The Bertz CT molecular complexity index is 1180. The molecule has 1 aromatic heterocycles. The Labute approximate surface area is 189 Å². The number of rotatable bonds is 5. The van der Waals surface area contributed by atoms with Gasteiger partial charge in [0, 0.05) is 29.7 Å². The molecule has 1 N–H and O–H groups in total. The first-order valence-electron chi connectivity index (χ1n) is 11.5. The summed E-state index contributed by atoms with van der Waals surface area (Å²) in [4.78, 5) is 4.41. The molecule has 1 spiro atoms.